The summed E-state index contributed by atoms with van der Waals surface area (Å²) in [7, 11) is 0. The molecule has 0 bridgehead atoms. The van der Waals surface area contributed by atoms with Gasteiger partial charge in [0.1, 0.15) is 6.10 Å². The highest BCUT2D eigenvalue weighted by molar-refractivity contribution is 5.64. The van der Waals surface area contributed by atoms with Gasteiger partial charge in [0.15, 0.2) is 0 Å². The number of hydrogen-bond acceptors (Lipinski definition) is 2. The molecule has 3 nitrogen and oxygen atoms in total. The van der Waals surface area contributed by atoms with Crippen molar-refractivity contribution in [3.05, 3.63) is 0 Å². The molecule has 8 heteroatoms. The summed E-state index contributed by atoms with van der Waals surface area (Å²) in [6.45, 7) is 0.893. The van der Waals surface area contributed by atoms with Crippen LogP contribution >= 0.6 is 0 Å². The van der Waals surface area contributed by atoms with E-state index in [-0.39, 0.29) is 0 Å². The molecule has 1 unspecified atom stereocenters. The van der Waals surface area contributed by atoms with Crippen LogP contribution in [0.2, 0.25) is 0 Å². The molecule has 0 aromatic heterocycles. The highest BCUT2D eigenvalue weighted by Crippen LogP contribution is 2.39. The molecule has 1 amide bonds. The monoisotopic (exact) mass is 221 g/mol. The minimum atomic E-state index is -5.65. The van der Waals surface area contributed by atoms with Crippen molar-refractivity contribution in [2.75, 3.05) is 0 Å². The first-order chi connectivity index (χ1) is 6.06. The Morgan fingerprint density at radius 2 is 1.79 bits per heavy atom. The minimum absolute atomic E-state index is 0.893. The van der Waals surface area contributed by atoms with Crippen LogP contribution in [0.4, 0.5) is 26.7 Å². The average Bonchev–Trinajstić information content (AvgIpc) is 1.79. The van der Waals surface area contributed by atoms with Gasteiger partial charge in [-0.15, -0.1) is 0 Å². The van der Waals surface area contributed by atoms with Crippen molar-refractivity contribution >= 4 is 6.09 Å². The molecule has 84 valence electrons. The maximum Gasteiger partial charge on any atom is 0.453 e. The number of carbonyl (C=O) groups excluding carboxylic acids is 1. The molecule has 0 saturated carbocycles. The lowest BCUT2D eigenvalue weighted by Crippen LogP contribution is -2.40. The Kier molecular flexibility index (Phi) is 3.66. The molecule has 0 heterocycles. The van der Waals surface area contributed by atoms with Gasteiger partial charge in [0.25, 0.3) is 0 Å². The lowest BCUT2D eigenvalue weighted by molar-refractivity contribution is -0.289. The quantitative estimate of drug-likeness (QED) is 0.741. The Labute approximate surface area is 76.0 Å². The molecule has 0 rings (SSSR count). The second-order valence-electron chi connectivity index (χ2n) is 2.65. The van der Waals surface area contributed by atoms with E-state index < -0.39 is 30.7 Å². The second kappa shape index (κ2) is 3.97. The van der Waals surface area contributed by atoms with Gasteiger partial charge < -0.3 is 10.5 Å². The van der Waals surface area contributed by atoms with Gasteiger partial charge in [0.05, 0.1) is 6.42 Å². The molecule has 0 saturated heterocycles. The van der Waals surface area contributed by atoms with Gasteiger partial charge in [-0.25, -0.2) is 4.79 Å². The highest BCUT2D eigenvalue weighted by Gasteiger charge is 2.58. The fourth-order valence-corrected chi connectivity index (χ4v) is 0.717. The number of carbonyl (C=O) groups is 1. The summed E-state index contributed by atoms with van der Waals surface area (Å²) in [6, 6.07) is 0. The summed E-state index contributed by atoms with van der Waals surface area (Å²) < 4.78 is 63.3. The van der Waals surface area contributed by atoms with Crippen molar-refractivity contribution in [1.29, 1.82) is 0 Å². The molecular weight excluding hydrogens is 213 g/mol. The van der Waals surface area contributed by atoms with Gasteiger partial charge in [0, 0.05) is 0 Å². The lowest BCUT2D eigenvalue weighted by Gasteiger charge is -2.22. The predicted octanol–water partition coefficient (Wildman–Crippen LogP) is 2.06. The van der Waals surface area contributed by atoms with Gasteiger partial charge in [-0.1, -0.05) is 0 Å². The molecule has 14 heavy (non-hydrogen) atoms. The van der Waals surface area contributed by atoms with Crippen LogP contribution in [-0.2, 0) is 4.74 Å². The zero-order valence-electron chi connectivity index (χ0n) is 7.07. The largest absolute Gasteiger partial charge is 0.453 e. The number of primary amides is 1. The number of amides is 1. The summed E-state index contributed by atoms with van der Waals surface area (Å²) >= 11 is 0. The van der Waals surface area contributed by atoms with E-state index >= 15 is 0 Å². The summed E-state index contributed by atoms with van der Waals surface area (Å²) in [5.74, 6) is -4.89. The molecule has 0 aliphatic rings. The first-order valence-electron chi connectivity index (χ1n) is 3.47. The second-order valence-corrected chi connectivity index (χ2v) is 2.65. The van der Waals surface area contributed by atoms with Gasteiger partial charge in [0.2, 0.25) is 0 Å². The highest BCUT2D eigenvalue weighted by atomic mass is 19.4. The molecule has 0 aromatic carbocycles. The summed E-state index contributed by atoms with van der Waals surface area (Å²) in [5, 5.41) is 0. The number of nitrogens with two attached hydrogens (primary N) is 1. The molecule has 0 spiro atoms. The van der Waals surface area contributed by atoms with Crippen LogP contribution in [0, 0.1) is 0 Å². The van der Waals surface area contributed by atoms with Crippen molar-refractivity contribution in [3.8, 4) is 0 Å². The van der Waals surface area contributed by atoms with Gasteiger partial charge in [-0.05, 0) is 6.92 Å². The predicted molar refractivity (Wildman–Crippen MR) is 35.7 cm³/mol. The third-order valence-electron chi connectivity index (χ3n) is 1.28. The first-order valence-corrected chi connectivity index (χ1v) is 3.47. The number of alkyl halides is 5. The summed E-state index contributed by atoms with van der Waals surface area (Å²) in [5.41, 5.74) is 4.43. The maximum absolute atomic E-state index is 12.3. The van der Waals surface area contributed by atoms with Crippen LogP contribution in [-0.4, -0.2) is 24.3 Å². The Hall–Kier alpha value is -1.08. The molecular formula is C6H8F5NO2. The van der Waals surface area contributed by atoms with E-state index in [1.54, 1.807) is 0 Å². The molecule has 2 N–H and O–H groups in total. The molecule has 0 aromatic rings. The minimum Gasteiger partial charge on any atom is -0.446 e. The average molecular weight is 221 g/mol. The van der Waals surface area contributed by atoms with E-state index in [0.717, 1.165) is 6.92 Å². The van der Waals surface area contributed by atoms with Gasteiger partial charge >= 0.3 is 18.2 Å². The molecule has 0 radical (unpaired) electrons. The zero-order valence-corrected chi connectivity index (χ0v) is 7.07. The Balaban J connectivity index is 4.29. The van der Waals surface area contributed by atoms with Crippen LogP contribution in [0.15, 0.2) is 0 Å². The van der Waals surface area contributed by atoms with Crippen LogP contribution < -0.4 is 5.73 Å². The molecule has 0 aliphatic heterocycles. The van der Waals surface area contributed by atoms with E-state index in [9.17, 15) is 26.7 Å². The third-order valence-corrected chi connectivity index (χ3v) is 1.28. The Bertz CT molecular complexity index is 215. The van der Waals surface area contributed by atoms with Crippen molar-refractivity contribution in [1.82, 2.24) is 0 Å². The molecule has 0 fully saturated rings. The maximum atomic E-state index is 12.3. The topological polar surface area (TPSA) is 52.3 Å². The number of hydrogen-bond donors (Lipinski definition) is 1. The molecule has 0 aliphatic carbocycles. The van der Waals surface area contributed by atoms with Crippen molar-refractivity contribution in [2.24, 2.45) is 5.73 Å². The zero-order chi connectivity index (χ0) is 11.6. The van der Waals surface area contributed by atoms with E-state index in [1.165, 1.54) is 0 Å². The fraction of sp³-hybridized carbons (Fsp3) is 0.833. The van der Waals surface area contributed by atoms with Gasteiger partial charge in [-0.2, -0.15) is 22.0 Å². The van der Waals surface area contributed by atoms with E-state index in [2.05, 4.69) is 10.5 Å². The van der Waals surface area contributed by atoms with E-state index in [1.807, 2.05) is 0 Å². The van der Waals surface area contributed by atoms with E-state index in [0.29, 0.717) is 0 Å². The fourth-order valence-electron chi connectivity index (χ4n) is 0.717. The van der Waals surface area contributed by atoms with Crippen molar-refractivity contribution < 1.29 is 31.5 Å². The summed E-state index contributed by atoms with van der Waals surface area (Å²) in [6.07, 6.45) is -10.3. The van der Waals surface area contributed by atoms with E-state index in [4.69, 9.17) is 0 Å². The smallest absolute Gasteiger partial charge is 0.446 e. The summed E-state index contributed by atoms with van der Waals surface area (Å²) in [4.78, 5) is 10.0. The van der Waals surface area contributed by atoms with Crippen molar-refractivity contribution in [2.45, 2.75) is 31.5 Å². The standard InChI is InChI=1S/C6H8F5NO2/c1-3(14-4(12)13)2-5(7,8)6(9,10)11/h3H,2H2,1H3,(H2,12,13). The first kappa shape index (κ1) is 12.9. The lowest BCUT2D eigenvalue weighted by atomic mass is 10.1. The molecule has 1 atom stereocenters. The van der Waals surface area contributed by atoms with Crippen LogP contribution in [0.5, 0.6) is 0 Å². The normalized spacial score (nSPS) is 15.0. The van der Waals surface area contributed by atoms with Crippen LogP contribution in [0.1, 0.15) is 13.3 Å². The SMILES string of the molecule is CC(CC(F)(F)C(F)(F)F)OC(N)=O. The number of ether oxygens (including phenoxy) is 1. The number of rotatable bonds is 3. The Morgan fingerprint density at radius 3 is 2.07 bits per heavy atom. The van der Waals surface area contributed by atoms with Crippen LogP contribution in [0.3, 0.4) is 0 Å². The third kappa shape index (κ3) is 3.75. The van der Waals surface area contributed by atoms with Crippen LogP contribution in [0.25, 0.3) is 0 Å². The van der Waals surface area contributed by atoms with Crippen molar-refractivity contribution in [3.63, 3.8) is 0 Å². The van der Waals surface area contributed by atoms with Gasteiger partial charge in [-0.3, -0.25) is 0 Å². The number of halogens is 5. The Morgan fingerprint density at radius 1 is 1.36 bits per heavy atom.